The van der Waals surface area contributed by atoms with Crippen molar-refractivity contribution in [1.82, 2.24) is 10.9 Å². The molecule has 0 saturated heterocycles. The van der Waals surface area contributed by atoms with Crippen LogP contribution < -0.4 is 10.9 Å². The predicted octanol–water partition coefficient (Wildman–Crippen LogP) is 0.486. The van der Waals surface area contributed by atoms with Crippen molar-refractivity contribution < 1.29 is 4.74 Å². The van der Waals surface area contributed by atoms with Crippen LogP contribution in [0.25, 0.3) is 0 Å². The summed E-state index contributed by atoms with van der Waals surface area (Å²) >= 11 is 0. The van der Waals surface area contributed by atoms with Gasteiger partial charge < -0.3 is 15.6 Å². The predicted molar refractivity (Wildman–Crippen MR) is 35.1 cm³/mol. The summed E-state index contributed by atoms with van der Waals surface area (Å²) < 4.78 is 4.94. The van der Waals surface area contributed by atoms with Crippen molar-refractivity contribution >= 4 is 0 Å². The van der Waals surface area contributed by atoms with Crippen LogP contribution in [0.2, 0.25) is 0 Å². The van der Waals surface area contributed by atoms with E-state index >= 15 is 0 Å². The minimum atomic E-state index is 0.839. The second-order valence-electron chi connectivity index (χ2n) is 1.85. The van der Waals surface area contributed by atoms with Crippen molar-refractivity contribution in [2.24, 2.45) is 0 Å². The fourth-order valence-electron chi connectivity index (χ4n) is 0.630. The van der Waals surface area contributed by atoms with Crippen LogP contribution in [0.1, 0.15) is 6.92 Å². The summed E-state index contributed by atoms with van der Waals surface area (Å²) in [7, 11) is 1.64. The number of hydrogen-bond donors (Lipinski definition) is 2. The maximum absolute atomic E-state index is 4.94. The van der Waals surface area contributed by atoms with Crippen LogP contribution in [0.3, 0.4) is 0 Å². The Kier molecular flexibility index (Phi) is 1.63. The molecule has 1 aliphatic rings. The van der Waals surface area contributed by atoms with Gasteiger partial charge in [0, 0.05) is 11.8 Å². The summed E-state index contributed by atoms with van der Waals surface area (Å²) in [5, 5.41) is 0. The molecule has 0 radical (unpaired) electrons. The third-order valence-corrected chi connectivity index (χ3v) is 1.08. The zero-order chi connectivity index (χ0) is 6.69. The van der Waals surface area contributed by atoms with E-state index < -0.39 is 0 Å². The summed E-state index contributed by atoms with van der Waals surface area (Å²) in [4.78, 5) is 0. The van der Waals surface area contributed by atoms with Crippen LogP contribution >= 0.6 is 0 Å². The Hall–Kier alpha value is -1.12. The second kappa shape index (κ2) is 2.44. The third kappa shape index (κ3) is 1.38. The largest absolute Gasteiger partial charge is 0.495 e. The van der Waals surface area contributed by atoms with Gasteiger partial charge in [-0.3, -0.25) is 0 Å². The monoisotopic (exact) mass is 126 g/mol. The smallest absolute Gasteiger partial charge is 0.138 e. The highest BCUT2D eigenvalue weighted by atomic mass is 16.5. The minimum absolute atomic E-state index is 0.839. The van der Waals surface area contributed by atoms with Gasteiger partial charge in [-0.15, -0.1) is 0 Å². The number of ether oxygens (including phenoxy) is 1. The van der Waals surface area contributed by atoms with Gasteiger partial charge in [0.1, 0.15) is 5.76 Å². The molecule has 0 saturated carbocycles. The van der Waals surface area contributed by atoms with Crippen molar-refractivity contribution in [3.63, 3.8) is 0 Å². The molecule has 3 nitrogen and oxygen atoms in total. The molecule has 1 rings (SSSR count). The zero-order valence-electron chi connectivity index (χ0n) is 5.56. The molecule has 1 aliphatic heterocycles. The summed E-state index contributed by atoms with van der Waals surface area (Å²) in [6.07, 6.45) is 3.67. The van der Waals surface area contributed by atoms with Crippen LogP contribution in [0.4, 0.5) is 0 Å². The third-order valence-electron chi connectivity index (χ3n) is 1.08. The van der Waals surface area contributed by atoms with Gasteiger partial charge in [0.15, 0.2) is 0 Å². The number of hydrogen-bond acceptors (Lipinski definition) is 3. The van der Waals surface area contributed by atoms with Gasteiger partial charge >= 0.3 is 0 Å². The molecule has 9 heavy (non-hydrogen) atoms. The molecule has 0 fully saturated rings. The van der Waals surface area contributed by atoms with E-state index in [4.69, 9.17) is 4.74 Å². The summed E-state index contributed by atoms with van der Waals surface area (Å²) in [6.45, 7) is 1.96. The standard InChI is InChI=1S/C6H10N2O/c1-5-3-6(9-2)4-7-8-5/h3-4,7-8H,1-2H3. The van der Waals surface area contributed by atoms with Crippen molar-refractivity contribution in [2.75, 3.05) is 7.11 Å². The van der Waals surface area contributed by atoms with Crippen molar-refractivity contribution in [3.05, 3.63) is 23.7 Å². The lowest BCUT2D eigenvalue weighted by molar-refractivity contribution is 0.299. The van der Waals surface area contributed by atoms with Gasteiger partial charge in [0.25, 0.3) is 0 Å². The highest BCUT2D eigenvalue weighted by Crippen LogP contribution is 2.01. The normalized spacial score (nSPS) is 16.7. The quantitative estimate of drug-likeness (QED) is 0.536. The molecular weight excluding hydrogens is 116 g/mol. The van der Waals surface area contributed by atoms with E-state index in [1.54, 1.807) is 13.3 Å². The lowest BCUT2D eigenvalue weighted by Crippen LogP contribution is -2.28. The van der Waals surface area contributed by atoms with Gasteiger partial charge in [-0.05, 0) is 6.92 Å². The van der Waals surface area contributed by atoms with Crippen LogP contribution in [0.15, 0.2) is 23.7 Å². The first-order valence-electron chi connectivity index (χ1n) is 2.77. The first-order chi connectivity index (χ1) is 4.33. The SMILES string of the molecule is COC1=CNNC(C)=C1. The van der Waals surface area contributed by atoms with E-state index in [-0.39, 0.29) is 0 Å². The number of allylic oxidation sites excluding steroid dienone is 2. The molecule has 2 N–H and O–H groups in total. The maximum Gasteiger partial charge on any atom is 0.138 e. The Labute approximate surface area is 54.4 Å². The second-order valence-corrected chi connectivity index (χ2v) is 1.85. The van der Waals surface area contributed by atoms with Gasteiger partial charge in [0.05, 0.1) is 13.3 Å². The van der Waals surface area contributed by atoms with E-state index in [1.165, 1.54) is 0 Å². The first-order valence-corrected chi connectivity index (χ1v) is 2.77. The Morgan fingerprint density at radius 3 is 2.78 bits per heavy atom. The van der Waals surface area contributed by atoms with E-state index in [9.17, 15) is 0 Å². The molecule has 0 atom stereocenters. The molecule has 0 bridgehead atoms. The van der Waals surface area contributed by atoms with Gasteiger partial charge in [-0.25, -0.2) is 0 Å². The van der Waals surface area contributed by atoms with Crippen molar-refractivity contribution in [1.29, 1.82) is 0 Å². The Morgan fingerprint density at radius 1 is 1.56 bits per heavy atom. The number of nitrogens with one attached hydrogen (secondary N) is 2. The van der Waals surface area contributed by atoms with Crippen molar-refractivity contribution in [3.8, 4) is 0 Å². The molecule has 0 aromatic heterocycles. The molecule has 0 unspecified atom stereocenters. The maximum atomic E-state index is 4.94. The molecular formula is C6H10N2O. The molecule has 0 aromatic rings. The molecule has 0 aromatic carbocycles. The summed E-state index contributed by atoms with van der Waals surface area (Å²) in [5.41, 5.74) is 6.78. The molecule has 0 spiro atoms. The van der Waals surface area contributed by atoms with Gasteiger partial charge in [-0.2, -0.15) is 0 Å². The lowest BCUT2D eigenvalue weighted by atomic mass is 10.4. The molecule has 50 valence electrons. The average molecular weight is 126 g/mol. The molecule has 1 heterocycles. The first kappa shape index (κ1) is 6.01. The van der Waals surface area contributed by atoms with Crippen LogP contribution in [0.5, 0.6) is 0 Å². The molecule has 3 heteroatoms. The van der Waals surface area contributed by atoms with E-state index in [2.05, 4.69) is 10.9 Å². The molecule has 0 aliphatic carbocycles. The fourth-order valence-corrected chi connectivity index (χ4v) is 0.630. The highest BCUT2D eigenvalue weighted by molar-refractivity contribution is 5.18. The Bertz CT molecular complexity index is 160. The van der Waals surface area contributed by atoms with Crippen LogP contribution in [0, 0.1) is 0 Å². The average Bonchev–Trinajstić information content (AvgIpc) is 1.88. The van der Waals surface area contributed by atoms with Gasteiger partial charge in [-0.1, -0.05) is 0 Å². The summed E-state index contributed by atoms with van der Waals surface area (Å²) in [6, 6.07) is 0. The number of rotatable bonds is 1. The zero-order valence-corrected chi connectivity index (χ0v) is 5.56. The van der Waals surface area contributed by atoms with E-state index in [0.29, 0.717) is 0 Å². The lowest BCUT2D eigenvalue weighted by Gasteiger charge is -2.12. The Morgan fingerprint density at radius 2 is 2.33 bits per heavy atom. The fraction of sp³-hybridized carbons (Fsp3) is 0.333. The van der Waals surface area contributed by atoms with Crippen LogP contribution in [-0.2, 0) is 4.74 Å². The van der Waals surface area contributed by atoms with Crippen LogP contribution in [-0.4, -0.2) is 7.11 Å². The number of hydrazine groups is 1. The Balaban J connectivity index is 2.63. The topological polar surface area (TPSA) is 33.3 Å². The summed E-state index contributed by atoms with van der Waals surface area (Å²) in [5.74, 6) is 0.839. The number of methoxy groups -OCH3 is 1. The molecule has 0 amide bonds. The van der Waals surface area contributed by atoms with E-state index in [1.807, 2.05) is 13.0 Å². The highest BCUT2D eigenvalue weighted by Gasteiger charge is 1.96. The van der Waals surface area contributed by atoms with Gasteiger partial charge in [0.2, 0.25) is 0 Å². The van der Waals surface area contributed by atoms with E-state index in [0.717, 1.165) is 11.5 Å². The van der Waals surface area contributed by atoms with Crippen molar-refractivity contribution in [2.45, 2.75) is 6.92 Å². The minimum Gasteiger partial charge on any atom is -0.495 e.